The van der Waals surface area contributed by atoms with E-state index in [1.165, 1.54) is 0 Å². The molecular weight excluding hydrogens is 460 g/mol. The van der Waals surface area contributed by atoms with Gasteiger partial charge in [-0.1, -0.05) is 74.0 Å². The van der Waals surface area contributed by atoms with E-state index < -0.39 is 11.9 Å². The maximum atomic E-state index is 13.4. The van der Waals surface area contributed by atoms with Crippen molar-refractivity contribution in [1.82, 2.24) is 0 Å². The van der Waals surface area contributed by atoms with E-state index in [9.17, 15) is 9.59 Å². The van der Waals surface area contributed by atoms with Crippen molar-refractivity contribution in [3.8, 4) is 0 Å². The van der Waals surface area contributed by atoms with Crippen LogP contribution < -0.4 is 5.32 Å². The fourth-order valence-electron chi connectivity index (χ4n) is 4.99. The van der Waals surface area contributed by atoms with Crippen LogP contribution >= 0.6 is 11.6 Å². The van der Waals surface area contributed by atoms with Gasteiger partial charge < -0.3 is 10.1 Å². The van der Waals surface area contributed by atoms with Crippen LogP contribution in [0.1, 0.15) is 54.2 Å². The third-order valence-corrected chi connectivity index (χ3v) is 6.94. The summed E-state index contributed by atoms with van der Waals surface area (Å²) >= 11 is 6.74. The molecular formula is C29H27ClN2O3. The third-order valence-electron chi connectivity index (χ3n) is 6.61. The third kappa shape index (κ3) is 4.87. The molecule has 0 spiro atoms. The number of fused-ring (bicyclic) bond motifs is 2. The van der Waals surface area contributed by atoms with E-state index in [1.807, 2.05) is 60.7 Å². The molecule has 5 nitrogen and oxygen atoms in total. The van der Waals surface area contributed by atoms with Crippen LogP contribution in [0, 0.1) is 11.3 Å². The number of para-hydroxylation sites is 2. The zero-order valence-corrected chi connectivity index (χ0v) is 20.5. The number of rotatable bonds is 4. The number of hydrogen-bond acceptors (Lipinski definition) is 5. The summed E-state index contributed by atoms with van der Waals surface area (Å²) in [5.74, 6) is -0.726. The summed E-state index contributed by atoms with van der Waals surface area (Å²) in [7, 11) is 0. The summed E-state index contributed by atoms with van der Waals surface area (Å²) in [5, 5.41) is 3.94. The number of ketones is 1. The Morgan fingerprint density at radius 1 is 1.06 bits per heavy atom. The van der Waals surface area contributed by atoms with Gasteiger partial charge in [0.2, 0.25) is 0 Å². The number of aliphatic imine (C=N–C) groups is 1. The second kappa shape index (κ2) is 9.31. The molecule has 0 aromatic heterocycles. The van der Waals surface area contributed by atoms with Gasteiger partial charge in [-0.25, -0.2) is 4.79 Å². The van der Waals surface area contributed by atoms with Gasteiger partial charge in [-0.3, -0.25) is 9.79 Å². The summed E-state index contributed by atoms with van der Waals surface area (Å²) in [5.41, 5.74) is 4.44. The first kappa shape index (κ1) is 23.3. The molecule has 0 bridgehead atoms. The van der Waals surface area contributed by atoms with E-state index in [-0.39, 0.29) is 23.8 Å². The Kier molecular flexibility index (Phi) is 6.20. The number of ether oxygens (including phenoxy) is 1. The SMILES string of the molecule is CC1(C)CC(=O)C2C(=Nc3ccccc3NC2c2ccc(C(=O)OCc3ccccc3)cc2Cl)C1. The van der Waals surface area contributed by atoms with Crippen molar-refractivity contribution >= 4 is 40.4 Å². The number of carbonyl (C=O) groups is 2. The van der Waals surface area contributed by atoms with Crippen LogP contribution in [0.25, 0.3) is 0 Å². The molecule has 5 rings (SSSR count). The molecule has 178 valence electrons. The maximum Gasteiger partial charge on any atom is 0.338 e. The monoisotopic (exact) mass is 486 g/mol. The molecule has 2 unspecified atom stereocenters. The second-order valence-corrected chi connectivity index (χ2v) is 10.4. The first-order valence-corrected chi connectivity index (χ1v) is 12.1. The number of carbonyl (C=O) groups excluding carboxylic acids is 2. The van der Waals surface area contributed by atoms with Crippen molar-refractivity contribution in [1.29, 1.82) is 0 Å². The van der Waals surface area contributed by atoms with Crippen LogP contribution in [-0.2, 0) is 16.1 Å². The molecule has 3 aromatic carbocycles. The van der Waals surface area contributed by atoms with Gasteiger partial charge in [-0.15, -0.1) is 0 Å². The highest BCUT2D eigenvalue weighted by Gasteiger charge is 2.44. The Bertz CT molecular complexity index is 1320. The van der Waals surface area contributed by atoms with Crippen molar-refractivity contribution in [2.24, 2.45) is 16.3 Å². The topological polar surface area (TPSA) is 67.8 Å². The van der Waals surface area contributed by atoms with E-state index >= 15 is 0 Å². The van der Waals surface area contributed by atoms with Gasteiger partial charge in [0, 0.05) is 17.2 Å². The quantitative estimate of drug-likeness (QED) is 0.405. The van der Waals surface area contributed by atoms with Gasteiger partial charge in [0.05, 0.1) is 28.9 Å². The normalized spacial score (nSPS) is 20.5. The lowest BCUT2D eigenvalue weighted by Crippen LogP contribution is -2.42. The van der Waals surface area contributed by atoms with Gasteiger partial charge in [-0.05, 0) is 47.2 Å². The van der Waals surface area contributed by atoms with Crippen molar-refractivity contribution in [2.45, 2.75) is 39.3 Å². The highest BCUT2D eigenvalue weighted by Crippen LogP contribution is 2.46. The molecule has 0 radical (unpaired) electrons. The molecule has 0 saturated heterocycles. The van der Waals surface area contributed by atoms with Gasteiger partial charge in [0.1, 0.15) is 12.4 Å². The molecule has 1 aliphatic carbocycles. The van der Waals surface area contributed by atoms with Crippen molar-refractivity contribution < 1.29 is 14.3 Å². The minimum atomic E-state index is -0.445. The highest BCUT2D eigenvalue weighted by molar-refractivity contribution is 6.32. The fourth-order valence-corrected chi connectivity index (χ4v) is 5.28. The summed E-state index contributed by atoms with van der Waals surface area (Å²) in [6, 6.07) is 22.1. The van der Waals surface area contributed by atoms with E-state index in [4.69, 9.17) is 21.3 Å². The molecule has 1 aliphatic heterocycles. The number of Topliss-reactive ketones (excluding diaryl/α,β-unsaturated/α-hetero) is 1. The number of anilines is 1. The number of nitrogens with one attached hydrogen (secondary N) is 1. The van der Waals surface area contributed by atoms with Crippen LogP contribution in [0.2, 0.25) is 5.02 Å². The molecule has 1 N–H and O–H groups in total. The van der Waals surface area contributed by atoms with Crippen LogP contribution in [-0.4, -0.2) is 17.5 Å². The smallest absolute Gasteiger partial charge is 0.338 e. The van der Waals surface area contributed by atoms with E-state index in [1.54, 1.807) is 12.1 Å². The van der Waals surface area contributed by atoms with E-state index in [0.29, 0.717) is 17.0 Å². The zero-order valence-electron chi connectivity index (χ0n) is 19.8. The maximum absolute atomic E-state index is 13.4. The molecule has 0 amide bonds. The molecule has 1 saturated carbocycles. The number of halogens is 1. The minimum Gasteiger partial charge on any atom is -0.457 e. The average molecular weight is 487 g/mol. The molecule has 2 aliphatic rings. The predicted octanol–water partition coefficient (Wildman–Crippen LogP) is 6.94. The Labute approximate surface area is 210 Å². The standard InChI is InChI=1S/C29H27ClN2O3/c1-29(2)15-24-26(25(33)16-29)27(32-23-11-7-6-10-22(23)31-24)20-13-12-19(14-21(20)30)28(34)35-17-18-8-4-3-5-9-18/h3-14,26-27,32H,15-17H2,1-2H3. The Hall–Kier alpha value is -3.44. The van der Waals surface area contributed by atoms with Crippen LogP contribution in [0.4, 0.5) is 11.4 Å². The molecule has 3 aromatic rings. The largest absolute Gasteiger partial charge is 0.457 e. The van der Waals surface area contributed by atoms with Crippen molar-refractivity contribution in [2.75, 3.05) is 5.32 Å². The number of benzene rings is 3. The van der Waals surface area contributed by atoms with Gasteiger partial charge in [0.15, 0.2) is 0 Å². The minimum absolute atomic E-state index is 0.146. The van der Waals surface area contributed by atoms with E-state index in [2.05, 4.69) is 19.2 Å². The molecule has 35 heavy (non-hydrogen) atoms. The number of esters is 1. The summed E-state index contributed by atoms with van der Waals surface area (Å²) in [4.78, 5) is 31.0. The predicted molar refractivity (Wildman–Crippen MR) is 138 cm³/mol. The fraction of sp³-hybridized carbons (Fsp3) is 0.276. The number of nitrogens with zero attached hydrogens (tertiary/aromatic N) is 1. The first-order valence-electron chi connectivity index (χ1n) is 11.8. The first-order chi connectivity index (χ1) is 16.8. The lowest BCUT2D eigenvalue weighted by molar-refractivity contribution is -0.124. The Morgan fingerprint density at radius 2 is 1.80 bits per heavy atom. The Morgan fingerprint density at radius 3 is 2.57 bits per heavy atom. The number of hydrogen-bond donors (Lipinski definition) is 1. The summed E-state index contributed by atoms with van der Waals surface area (Å²) in [6.45, 7) is 4.39. The van der Waals surface area contributed by atoms with Crippen molar-refractivity contribution in [3.05, 3.63) is 94.5 Å². The highest BCUT2D eigenvalue weighted by atomic mass is 35.5. The lowest BCUT2D eigenvalue weighted by Gasteiger charge is -2.37. The van der Waals surface area contributed by atoms with Gasteiger partial charge in [0.25, 0.3) is 0 Å². The molecule has 2 atom stereocenters. The Balaban J connectivity index is 1.46. The van der Waals surface area contributed by atoms with Crippen LogP contribution in [0.5, 0.6) is 0 Å². The molecule has 1 heterocycles. The van der Waals surface area contributed by atoms with E-state index in [0.717, 1.165) is 34.6 Å². The lowest BCUT2D eigenvalue weighted by atomic mass is 9.68. The summed E-state index contributed by atoms with van der Waals surface area (Å²) < 4.78 is 5.46. The van der Waals surface area contributed by atoms with Gasteiger partial charge >= 0.3 is 5.97 Å². The summed E-state index contributed by atoms with van der Waals surface area (Å²) in [6.07, 6.45) is 1.21. The second-order valence-electron chi connectivity index (χ2n) is 10.0. The van der Waals surface area contributed by atoms with Crippen molar-refractivity contribution in [3.63, 3.8) is 0 Å². The zero-order chi connectivity index (χ0) is 24.6. The van der Waals surface area contributed by atoms with Crippen LogP contribution in [0.3, 0.4) is 0 Å². The van der Waals surface area contributed by atoms with Gasteiger partial charge in [-0.2, -0.15) is 0 Å². The average Bonchev–Trinajstić information content (AvgIpc) is 2.98. The van der Waals surface area contributed by atoms with Crippen LogP contribution in [0.15, 0.2) is 77.8 Å². The molecule has 6 heteroatoms. The molecule has 1 fully saturated rings.